The Kier molecular flexibility index (Phi) is 8.94. The first kappa shape index (κ1) is 30.3. The van der Waals surface area contributed by atoms with Crippen molar-refractivity contribution in [1.82, 2.24) is 0 Å². The van der Waals surface area contributed by atoms with E-state index < -0.39 is 29.8 Å². The zero-order valence-corrected chi connectivity index (χ0v) is 22.7. The van der Waals surface area contributed by atoms with Gasteiger partial charge in [0.2, 0.25) is 0 Å². The second-order valence-electron chi connectivity index (χ2n) is 11.5. The average molecular weight is 579 g/mol. The van der Waals surface area contributed by atoms with Crippen LogP contribution in [0.1, 0.15) is 72.6 Å². The molecular formula is C30H34F4N2O5. The molecule has 3 N–H and O–H groups in total. The summed E-state index contributed by atoms with van der Waals surface area (Å²) >= 11 is 0. The van der Waals surface area contributed by atoms with Crippen molar-refractivity contribution >= 4 is 29.2 Å². The highest BCUT2D eigenvalue weighted by Crippen LogP contribution is 2.61. The first-order valence-electron chi connectivity index (χ1n) is 13.8. The van der Waals surface area contributed by atoms with Gasteiger partial charge in [0.15, 0.2) is 0 Å². The normalized spacial score (nSPS) is 24.3. The molecule has 0 saturated heterocycles. The molecule has 0 radical (unpaired) electrons. The van der Waals surface area contributed by atoms with Crippen molar-refractivity contribution in [2.45, 2.75) is 58.0 Å². The van der Waals surface area contributed by atoms with E-state index in [1.807, 2.05) is 0 Å². The molecule has 222 valence electrons. The molecule has 0 aromatic heterocycles. The predicted molar refractivity (Wildman–Crippen MR) is 145 cm³/mol. The number of carboxylic acid groups (broad SMARTS) is 2. The minimum Gasteiger partial charge on any atom is -0.478 e. The van der Waals surface area contributed by atoms with E-state index in [4.69, 9.17) is 9.90 Å². The Morgan fingerprint density at radius 1 is 0.951 bits per heavy atom. The summed E-state index contributed by atoms with van der Waals surface area (Å²) in [5, 5.41) is 19.8. The van der Waals surface area contributed by atoms with Gasteiger partial charge in [0.05, 0.1) is 11.3 Å². The van der Waals surface area contributed by atoms with E-state index in [2.05, 4.69) is 17.1 Å². The number of halogens is 4. The summed E-state index contributed by atoms with van der Waals surface area (Å²) in [4.78, 5) is 35.7. The summed E-state index contributed by atoms with van der Waals surface area (Å²) in [6.07, 6.45) is 4.33. The van der Waals surface area contributed by atoms with Crippen molar-refractivity contribution in [1.29, 1.82) is 0 Å². The van der Waals surface area contributed by atoms with Crippen LogP contribution in [0.5, 0.6) is 0 Å². The van der Waals surface area contributed by atoms with Crippen LogP contribution in [0.4, 0.5) is 28.9 Å². The summed E-state index contributed by atoms with van der Waals surface area (Å²) in [6.45, 7) is 3.65. The third-order valence-corrected chi connectivity index (χ3v) is 8.63. The lowest BCUT2D eigenvalue weighted by molar-refractivity contribution is -0.192. The molecule has 6 rings (SSSR count). The maximum Gasteiger partial charge on any atom is 0.490 e. The SMILES string of the molecule is CCN(CCC12CC3CC(CC(C3)C1)C2)c1ccc(NC(=O)c2ccc(F)cc2)cc1C(=O)O.O=C(O)C(F)(F)F. The van der Waals surface area contributed by atoms with E-state index in [1.165, 1.54) is 68.9 Å². The van der Waals surface area contributed by atoms with E-state index in [0.717, 1.165) is 37.3 Å². The van der Waals surface area contributed by atoms with E-state index >= 15 is 0 Å². The molecule has 1 amide bonds. The zero-order chi connectivity index (χ0) is 29.9. The Labute approximate surface area is 235 Å². The maximum absolute atomic E-state index is 13.1. The smallest absolute Gasteiger partial charge is 0.478 e. The Bertz CT molecular complexity index is 1240. The molecule has 4 saturated carbocycles. The number of carbonyl (C=O) groups excluding carboxylic acids is 1. The number of carbonyl (C=O) groups is 3. The minimum absolute atomic E-state index is 0.185. The van der Waals surface area contributed by atoms with Gasteiger partial charge in [0.1, 0.15) is 5.82 Å². The number of benzene rings is 2. The number of anilines is 2. The number of carboxylic acids is 2. The van der Waals surface area contributed by atoms with Crippen LogP contribution in [0.25, 0.3) is 0 Å². The van der Waals surface area contributed by atoms with Crippen LogP contribution in [0.15, 0.2) is 42.5 Å². The number of alkyl halides is 3. The number of amides is 1. The second kappa shape index (κ2) is 12.1. The highest BCUT2D eigenvalue weighted by Gasteiger charge is 2.50. The van der Waals surface area contributed by atoms with Crippen molar-refractivity contribution < 1.29 is 42.2 Å². The van der Waals surface area contributed by atoms with Crippen molar-refractivity contribution in [3.8, 4) is 0 Å². The molecule has 2 aromatic carbocycles. The van der Waals surface area contributed by atoms with Gasteiger partial charge in [-0.2, -0.15) is 13.2 Å². The number of aromatic carboxylic acids is 1. The lowest BCUT2D eigenvalue weighted by Crippen LogP contribution is -2.47. The van der Waals surface area contributed by atoms with E-state index in [-0.39, 0.29) is 5.56 Å². The van der Waals surface area contributed by atoms with Crippen LogP contribution in [0.3, 0.4) is 0 Å². The predicted octanol–water partition coefficient (Wildman–Crippen LogP) is 6.84. The molecule has 11 heteroatoms. The summed E-state index contributed by atoms with van der Waals surface area (Å²) in [7, 11) is 0. The maximum atomic E-state index is 13.1. The fraction of sp³-hybridized carbons (Fsp3) is 0.500. The number of aliphatic carboxylic acids is 1. The highest BCUT2D eigenvalue weighted by molar-refractivity contribution is 6.05. The molecule has 4 bridgehead atoms. The van der Waals surface area contributed by atoms with Gasteiger partial charge in [-0.05, 0) is 118 Å². The number of hydrogen-bond donors (Lipinski definition) is 3. The Hall–Kier alpha value is -3.63. The highest BCUT2D eigenvalue weighted by atomic mass is 19.4. The van der Waals surface area contributed by atoms with Gasteiger partial charge in [0.25, 0.3) is 5.91 Å². The summed E-state index contributed by atoms with van der Waals surface area (Å²) < 4.78 is 44.9. The van der Waals surface area contributed by atoms with Crippen LogP contribution in [-0.4, -0.2) is 47.3 Å². The third kappa shape index (κ3) is 7.37. The standard InChI is InChI=1S/C28H33FN2O3.C2HF3O2/c1-2-31(10-9-28-15-18-11-19(16-28)13-20(12-18)17-28)25-8-7-23(14-24(25)27(33)34)30-26(32)21-3-5-22(29)6-4-21;3-2(4,5)1(6)7/h3-8,14,18-20H,2,9-13,15-17H2,1H3,(H,30,32)(H,33,34);(H,6,7). The summed E-state index contributed by atoms with van der Waals surface area (Å²) in [5.41, 5.74) is 2.04. The van der Waals surface area contributed by atoms with Gasteiger partial charge in [-0.25, -0.2) is 14.0 Å². The van der Waals surface area contributed by atoms with Crippen LogP contribution < -0.4 is 10.2 Å². The fourth-order valence-corrected chi connectivity index (χ4v) is 7.28. The van der Waals surface area contributed by atoms with Gasteiger partial charge in [-0.15, -0.1) is 0 Å². The fourth-order valence-electron chi connectivity index (χ4n) is 7.28. The molecule has 7 nitrogen and oxygen atoms in total. The molecule has 0 aliphatic heterocycles. The Balaban J connectivity index is 0.000000493. The van der Waals surface area contributed by atoms with Gasteiger partial charge in [0, 0.05) is 24.3 Å². The molecule has 0 spiro atoms. The van der Waals surface area contributed by atoms with Crippen molar-refractivity contribution in [3.63, 3.8) is 0 Å². The van der Waals surface area contributed by atoms with E-state index in [1.54, 1.807) is 12.1 Å². The van der Waals surface area contributed by atoms with Crippen molar-refractivity contribution in [3.05, 3.63) is 59.4 Å². The molecule has 41 heavy (non-hydrogen) atoms. The monoisotopic (exact) mass is 578 g/mol. The molecule has 4 aliphatic carbocycles. The lowest BCUT2D eigenvalue weighted by atomic mass is 9.49. The van der Waals surface area contributed by atoms with Gasteiger partial charge >= 0.3 is 18.1 Å². The third-order valence-electron chi connectivity index (χ3n) is 8.63. The second-order valence-corrected chi connectivity index (χ2v) is 11.5. The molecule has 4 fully saturated rings. The number of rotatable bonds is 8. The largest absolute Gasteiger partial charge is 0.490 e. The molecular weight excluding hydrogens is 544 g/mol. The zero-order valence-electron chi connectivity index (χ0n) is 22.7. The first-order chi connectivity index (χ1) is 19.3. The average Bonchev–Trinajstić information content (AvgIpc) is 2.89. The quantitative estimate of drug-likeness (QED) is 0.296. The first-order valence-corrected chi connectivity index (χ1v) is 13.8. The number of nitrogens with zero attached hydrogens (tertiary/aromatic N) is 1. The lowest BCUT2D eigenvalue weighted by Gasteiger charge is -2.57. The van der Waals surface area contributed by atoms with Crippen molar-refractivity contribution in [2.24, 2.45) is 23.2 Å². The number of hydrogen-bond acceptors (Lipinski definition) is 4. The number of nitrogens with one attached hydrogen (secondary N) is 1. The van der Waals surface area contributed by atoms with Gasteiger partial charge < -0.3 is 20.4 Å². The Morgan fingerprint density at radius 3 is 1.95 bits per heavy atom. The van der Waals surface area contributed by atoms with E-state index in [0.29, 0.717) is 22.4 Å². The molecule has 0 unspecified atom stereocenters. The topological polar surface area (TPSA) is 107 Å². The van der Waals surface area contributed by atoms with Crippen LogP contribution in [-0.2, 0) is 4.79 Å². The molecule has 4 aliphatic rings. The van der Waals surface area contributed by atoms with Crippen LogP contribution in [0.2, 0.25) is 0 Å². The summed E-state index contributed by atoms with van der Waals surface area (Å²) in [6, 6.07) is 10.3. The molecule has 0 atom stereocenters. The summed E-state index contributed by atoms with van der Waals surface area (Å²) in [5.74, 6) is -1.88. The van der Waals surface area contributed by atoms with Gasteiger partial charge in [-0.1, -0.05) is 0 Å². The van der Waals surface area contributed by atoms with Crippen LogP contribution in [0, 0.1) is 29.0 Å². The minimum atomic E-state index is -5.08. The molecule has 0 heterocycles. The van der Waals surface area contributed by atoms with Crippen LogP contribution >= 0.6 is 0 Å². The van der Waals surface area contributed by atoms with E-state index in [9.17, 15) is 32.3 Å². The molecule has 2 aromatic rings. The van der Waals surface area contributed by atoms with Gasteiger partial charge in [-0.3, -0.25) is 4.79 Å². The Morgan fingerprint density at radius 2 is 1.49 bits per heavy atom. The van der Waals surface area contributed by atoms with Crippen molar-refractivity contribution in [2.75, 3.05) is 23.3 Å².